The summed E-state index contributed by atoms with van der Waals surface area (Å²) in [5, 5.41) is 0.679. The fourth-order valence-electron chi connectivity index (χ4n) is 2.84. The molecule has 0 aliphatic carbocycles. The molecule has 3 aromatic rings. The van der Waals surface area contributed by atoms with Gasteiger partial charge in [0.05, 0.1) is 0 Å². The highest BCUT2D eigenvalue weighted by Crippen LogP contribution is 2.41. The van der Waals surface area contributed by atoms with Crippen molar-refractivity contribution in [2.75, 3.05) is 0 Å². The molecule has 0 amide bonds. The number of carbonyl (C=O) groups is 1. The van der Waals surface area contributed by atoms with Crippen LogP contribution in [0.2, 0.25) is 5.02 Å². The van der Waals surface area contributed by atoms with Crippen LogP contribution in [-0.2, 0) is 4.74 Å². The summed E-state index contributed by atoms with van der Waals surface area (Å²) < 4.78 is 5.58. The molecule has 0 radical (unpaired) electrons. The van der Waals surface area contributed by atoms with Gasteiger partial charge in [0.1, 0.15) is 6.10 Å². The molecule has 4 rings (SSSR count). The number of hydrogen-bond acceptors (Lipinski definition) is 2. The Kier molecular flexibility index (Phi) is 3.93. The zero-order valence-corrected chi connectivity index (χ0v) is 13.6. The van der Waals surface area contributed by atoms with E-state index in [0.29, 0.717) is 10.6 Å². The predicted octanol–water partition coefficient (Wildman–Crippen LogP) is 5.33. The number of halogens is 1. The molecule has 118 valence electrons. The van der Waals surface area contributed by atoms with Crippen LogP contribution in [0, 0.1) is 0 Å². The summed E-state index contributed by atoms with van der Waals surface area (Å²) in [4.78, 5) is 12.6. The second-order valence-corrected chi connectivity index (χ2v) is 6.27. The van der Waals surface area contributed by atoms with E-state index in [9.17, 15) is 4.79 Å². The Morgan fingerprint density at radius 3 is 2.08 bits per heavy atom. The van der Waals surface area contributed by atoms with Crippen LogP contribution in [0.1, 0.15) is 22.0 Å². The lowest BCUT2D eigenvalue weighted by molar-refractivity contribution is 0.0953. The van der Waals surface area contributed by atoms with Crippen LogP contribution in [0.15, 0.2) is 78.9 Å². The van der Waals surface area contributed by atoms with Crippen molar-refractivity contribution in [2.45, 2.75) is 12.2 Å². The van der Waals surface area contributed by atoms with Gasteiger partial charge < -0.3 is 4.74 Å². The lowest BCUT2D eigenvalue weighted by Gasteiger charge is -2.03. The SMILES string of the molecule is O=C(c1ccc(-c2ccccc2)cc1)[C@@H]1O[C@H]1c1ccc(Cl)cc1. The van der Waals surface area contributed by atoms with Gasteiger partial charge in [-0.2, -0.15) is 0 Å². The van der Waals surface area contributed by atoms with Crippen LogP contribution < -0.4 is 0 Å². The minimum absolute atomic E-state index is 0.0227. The third-order valence-corrected chi connectivity index (χ3v) is 4.48. The number of ketones is 1. The van der Waals surface area contributed by atoms with Gasteiger partial charge in [-0.1, -0.05) is 78.3 Å². The van der Waals surface area contributed by atoms with Gasteiger partial charge in [0, 0.05) is 10.6 Å². The smallest absolute Gasteiger partial charge is 0.194 e. The third-order valence-electron chi connectivity index (χ3n) is 4.23. The predicted molar refractivity (Wildman–Crippen MR) is 95.3 cm³/mol. The van der Waals surface area contributed by atoms with Crippen LogP contribution in [0.4, 0.5) is 0 Å². The first-order chi connectivity index (χ1) is 11.7. The minimum Gasteiger partial charge on any atom is -0.356 e. The number of hydrogen-bond donors (Lipinski definition) is 0. The second kappa shape index (κ2) is 6.23. The van der Waals surface area contributed by atoms with E-state index >= 15 is 0 Å². The fourth-order valence-corrected chi connectivity index (χ4v) is 2.97. The van der Waals surface area contributed by atoms with Gasteiger partial charge in [0.25, 0.3) is 0 Å². The molecule has 1 aliphatic heterocycles. The highest BCUT2D eigenvalue weighted by atomic mass is 35.5. The zero-order chi connectivity index (χ0) is 16.5. The topological polar surface area (TPSA) is 29.6 Å². The van der Waals surface area contributed by atoms with Gasteiger partial charge in [-0.15, -0.1) is 0 Å². The summed E-state index contributed by atoms with van der Waals surface area (Å²) in [7, 11) is 0. The van der Waals surface area contributed by atoms with Crippen molar-refractivity contribution < 1.29 is 9.53 Å². The highest BCUT2D eigenvalue weighted by molar-refractivity contribution is 6.30. The third kappa shape index (κ3) is 2.99. The summed E-state index contributed by atoms with van der Waals surface area (Å²) in [6.07, 6.45) is -0.558. The quantitative estimate of drug-likeness (QED) is 0.476. The van der Waals surface area contributed by atoms with E-state index in [2.05, 4.69) is 12.1 Å². The van der Waals surface area contributed by atoms with Crippen molar-refractivity contribution in [3.05, 3.63) is 95.0 Å². The Bertz CT molecular complexity index is 855. The first-order valence-electron chi connectivity index (χ1n) is 7.83. The van der Waals surface area contributed by atoms with Gasteiger partial charge in [-0.25, -0.2) is 0 Å². The van der Waals surface area contributed by atoms with Crippen molar-refractivity contribution in [3.8, 4) is 11.1 Å². The molecule has 1 fully saturated rings. The van der Waals surface area contributed by atoms with Crippen molar-refractivity contribution in [1.82, 2.24) is 0 Å². The Morgan fingerprint density at radius 1 is 0.792 bits per heavy atom. The van der Waals surface area contributed by atoms with E-state index in [0.717, 1.165) is 16.7 Å². The van der Waals surface area contributed by atoms with Gasteiger partial charge in [0.15, 0.2) is 11.9 Å². The van der Waals surface area contributed by atoms with Crippen molar-refractivity contribution >= 4 is 17.4 Å². The monoisotopic (exact) mass is 334 g/mol. The Hall–Kier alpha value is -2.42. The maximum atomic E-state index is 12.6. The summed E-state index contributed by atoms with van der Waals surface area (Å²) in [5.41, 5.74) is 3.89. The number of ether oxygens (including phenoxy) is 1. The van der Waals surface area contributed by atoms with Crippen LogP contribution in [0.5, 0.6) is 0 Å². The molecule has 1 heterocycles. The van der Waals surface area contributed by atoms with Crippen LogP contribution >= 0.6 is 11.6 Å². The lowest BCUT2D eigenvalue weighted by Crippen LogP contribution is -2.08. The van der Waals surface area contributed by atoms with Crippen LogP contribution in [0.3, 0.4) is 0 Å². The average Bonchev–Trinajstić information content (AvgIpc) is 3.43. The number of carbonyl (C=O) groups excluding carboxylic acids is 1. The zero-order valence-electron chi connectivity index (χ0n) is 12.9. The molecule has 0 N–H and O–H groups in total. The Morgan fingerprint density at radius 2 is 1.42 bits per heavy atom. The first kappa shape index (κ1) is 15.1. The van der Waals surface area contributed by atoms with Crippen molar-refractivity contribution in [1.29, 1.82) is 0 Å². The molecule has 24 heavy (non-hydrogen) atoms. The van der Waals surface area contributed by atoms with E-state index in [1.807, 2.05) is 66.7 Å². The molecule has 3 aromatic carbocycles. The van der Waals surface area contributed by atoms with E-state index in [-0.39, 0.29) is 11.9 Å². The normalized spacial score (nSPS) is 19.0. The molecule has 0 aromatic heterocycles. The summed E-state index contributed by atoms with van der Waals surface area (Å²) >= 11 is 5.89. The van der Waals surface area contributed by atoms with Crippen molar-refractivity contribution in [2.24, 2.45) is 0 Å². The van der Waals surface area contributed by atoms with E-state index < -0.39 is 6.10 Å². The molecule has 3 heteroatoms. The number of Topliss-reactive ketones (excluding diaryl/α,β-unsaturated/α-hetero) is 1. The van der Waals surface area contributed by atoms with E-state index in [1.165, 1.54) is 0 Å². The van der Waals surface area contributed by atoms with Gasteiger partial charge >= 0.3 is 0 Å². The summed E-state index contributed by atoms with van der Waals surface area (Å²) in [6.45, 7) is 0. The largest absolute Gasteiger partial charge is 0.356 e. The molecular weight excluding hydrogens is 320 g/mol. The molecule has 1 saturated heterocycles. The highest BCUT2D eigenvalue weighted by Gasteiger charge is 2.46. The number of rotatable bonds is 4. The standard InChI is InChI=1S/C21H15ClO2/c22-18-12-10-17(11-13-18)20-21(24-20)19(23)16-8-6-15(7-9-16)14-4-2-1-3-5-14/h1-13,20-21H/t20-,21-/m0/s1. The molecule has 0 saturated carbocycles. The van der Waals surface area contributed by atoms with Crippen molar-refractivity contribution in [3.63, 3.8) is 0 Å². The minimum atomic E-state index is -0.395. The maximum Gasteiger partial charge on any atom is 0.194 e. The van der Waals surface area contributed by atoms with Gasteiger partial charge in [-0.3, -0.25) is 4.79 Å². The molecule has 2 atom stereocenters. The first-order valence-corrected chi connectivity index (χ1v) is 8.21. The van der Waals surface area contributed by atoms with Gasteiger partial charge in [0.2, 0.25) is 0 Å². The van der Waals surface area contributed by atoms with Crippen LogP contribution in [0.25, 0.3) is 11.1 Å². The lowest BCUT2D eigenvalue weighted by atomic mass is 9.99. The number of epoxide rings is 1. The second-order valence-electron chi connectivity index (χ2n) is 5.84. The molecule has 2 nitrogen and oxygen atoms in total. The number of benzene rings is 3. The molecular formula is C21H15ClO2. The van der Waals surface area contributed by atoms with Crippen LogP contribution in [-0.4, -0.2) is 11.9 Å². The summed E-state index contributed by atoms with van der Waals surface area (Å²) in [6, 6.07) is 25.2. The summed E-state index contributed by atoms with van der Waals surface area (Å²) in [5.74, 6) is 0.0227. The Labute approximate surface area is 145 Å². The van der Waals surface area contributed by atoms with Gasteiger partial charge in [-0.05, 0) is 28.8 Å². The maximum absolute atomic E-state index is 12.6. The van der Waals surface area contributed by atoms with E-state index in [1.54, 1.807) is 0 Å². The Balaban J connectivity index is 1.49. The molecule has 0 bridgehead atoms. The molecule has 0 spiro atoms. The average molecular weight is 335 g/mol. The fraction of sp³-hybridized carbons (Fsp3) is 0.0952. The molecule has 1 aliphatic rings. The molecule has 0 unspecified atom stereocenters. The van der Waals surface area contributed by atoms with E-state index in [4.69, 9.17) is 16.3 Å².